The quantitative estimate of drug-likeness (QED) is 0.728. The Balaban J connectivity index is 1.93. The third-order valence-electron chi connectivity index (χ3n) is 4.40. The van der Waals surface area contributed by atoms with Crippen LogP contribution >= 0.6 is 0 Å². The molecule has 3 atom stereocenters. The molecule has 0 amide bonds. The van der Waals surface area contributed by atoms with Crippen LogP contribution in [0.4, 0.5) is 0 Å². The molecule has 1 aromatic rings. The Morgan fingerprint density at radius 3 is 2.22 bits per heavy atom. The van der Waals surface area contributed by atoms with Gasteiger partial charge in [-0.05, 0) is 54.7 Å². The Bertz CT molecular complexity index is 366. The van der Waals surface area contributed by atoms with E-state index in [-0.39, 0.29) is 0 Å². The highest BCUT2D eigenvalue weighted by molar-refractivity contribution is 5.29. The summed E-state index contributed by atoms with van der Waals surface area (Å²) >= 11 is 0. The average molecular weight is 246 g/mol. The number of hydrogen-bond donors (Lipinski definition) is 0. The number of benzene rings is 1. The van der Waals surface area contributed by atoms with Gasteiger partial charge in [-0.3, -0.25) is 0 Å². The Hall–Kier alpha value is -0.980. The van der Waals surface area contributed by atoms with E-state index in [4.69, 9.17) is 4.74 Å². The molecular formula is C17H26O. The summed E-state index contributed by atoms with van der Waals surface area (Å²) in [7, 11) is 0. The topological polar surface area (TPSA) is 9.23 Å². The Kier molecular flexibility index (Phi) is 4.31. The highest BCUT2D eigenvalue weighted by Gasteiger charge is 2.25. The van der Waals surface area contributed by atoms with Crippen LogP contribution in [0.1, 0.15) is 58.4 Å². The zero-order valence-electron chi connectivity index (χ0n) is 12.1. The van der Waals surface area contributed by atoms with Gasteiger partial charge in [0.2, 0.25) is 0 Å². The van der Waals surface area contributed by atoms with Crippen LogP contribution in [0.25, 0.3) is 0 Å². The number of rotatable bonds is 3. The van der Waals surface area contributed by atoms with Gasteiger partial charge in [0.15, 0.2) is 0 Å². The molecule has 0 heterocycles. The van der Waals surface area contributed by atoms with Crippen molar-refractivity contribution in [1.82, 2.24) is 0 Å². The van der Waals surface area contributed by atoms with Crippen molar-refractivity contribution >= 4 is 0 Å². The molecule has 0 bridgehead atoms. The highest BCUT2D eigenvalue weighted by Crippen LogP contribution is 2.32. The molecule has 1 nitrogen and oxygen atoms in total. The minimum absolute atomic E-state index is 0.418. The van der Waals surface area contributed by atoms with E-state index in [1.54, 1.807) is 0 Å². The summed E-state index contributed by atoms with van der Waals surface area (Å²) < 4.78 is 6.11. The Morgan fingerprint density at radius 1 is 1.00 bits per heavy atom. The fourth-order valence-electron chi connectivity index (χ4n) is 2.73. The van der Waals surface area contributed by atoms with Gasteiger partial charge in [-0.25, -0.2) is 0 Å². The predicted molar refractivity (Wildman–Crippen MR) is 77.1 cm³/mol. The first-order chi connectivity index (χ1) is 8.56. The first kappa shape index (κ1) is 13.5. The van der Waals surface area contributed by atoms with E-state index in [2.05, 4.69) is 52.0 Å². The van der Waals surface area contributed by atoms with Crippen LogP contribution < -0.4 is 4.74 Å². The third kappa shape index (κ3) is 3.28. The third-order valence-corrected chi connectivity index (χ3v) is 4.40. The summed E-state index contributed by atoms with van der Waals surface area (Å²) in [5.74, 6) is 3.27. The van der Waals surface area contributed by atoms with Gasteiger partial charge in [-0.2, -0.15) is 0 Å². The summed E-state index contributed by atoms with van der Waals surface area (Å²) in [5, 5.41) is 0. The molecule has 1 fully saturated rings. The minimum Gasteiger partial charge on any atom is -0.490 e. The molecule has 0 aliphatic heterocycles. The van der Waals surface area contributed by atoms with Gasteiger partial charge in [-0.15, -0.1) is 0 Å². The fourth-order valence-corrected chi connectivity index (χ4v) is 2.73. The molecule has 0 spiro atoms. The van der Waals surface area contributed by atoms with Crippen LogP contribution in [0.5, 0.6) is 5.75 Å². The van der Waals surface area contributed by atoms with Gasteiger partial charge in [0.1, 0.15) is 5.75 Å². The van der Waals surface area contributed by atoms with E-state index in [0.29, 0.717) is 12.0 Å². The summed E-state index contributed by atoms with van der Waals surface area (Å²) in [5.41, 5.74) is 1.38. The van der Waals surface area contributed by atoms with Crippen molar-refractivity contribution in [2.75, 3.05) is 0 Å². The molecule has 0 N–H and O–H groups in total. The molecular weight excluding hydrogens is 220 g/mol. The Morgan fingerprint density at radius 2 is 1.67 bits per heavy atom. The van der Waals surface area contributed by atoms with Gasteiger partial charge in [0.25, 0.3) is 0 Å². The van der Waals surface area contributed by atoms with Gasteiger partial charge >= 0.3 is 0 Å². The zero-order chi connectivity index (χ0) is 13.1. The second-order valence-corrected chi connectivity index (χ2v) is 6.23. The molecule has 2 rings (SSSR count). The van der Waals surface area contributed by atoms with Gasteiger partial charge in [-0.1, -0.05) is 39.8 Å². The van der Waals surface area contributed by atoms with Crippen LogP contribution in [0.15, 0.2) is 24.3 Å². The maximum absolute atomic E-state index is 6.11. The van der Waals surface area contributed by atoms with E-state index >= 15 is 0 Å². The lowest BCUT2D eigenvalue weighted by Crippen LogP contribution is -2.28. The van der Waals surface area contributed by atoms with E-state index in [9.17, 15) is 0 Å². The minimum atomic E-state index is 0.418. The molecule has 1 aromatic carbocycles. The lowest BCUT2D eigenvalue weighted by Gasteiger charge is -2.32. The van der Waals surface area contributed by atoms with Gasteiger partial charge < -0.3 is 4.74 Å². The zero-order valence-corrected chi connectivity index (χ0v) is 12.1. The average Bonchev–Trinajstić information content (AvgIpc) is 2.34. The summed E-state index contributed by atoms with van der Waals surface area (Å²) in [4.78, 5) is 0. The molecule has 1 aliphatic carbocycles. The molecule has 1 heteroatoms. The maximum Gasteiger partial charge on any atom is 0.119 e. The van der Waals surface area contributed by atoms with Gasteiger partial charge in [0.05, 0.1) is 6.10 Å². The molecule has 18 heavy (non-hydrogen) atoms. The van der Waals surface area contributed by atoms with E-state index in [0.717, 1.165) is 17.6 Å². The summed E-state index contributed by atoms with van der Waals surface area (Å²) in [6, 6.07) is 8.62. The largest absolute Gasteiger partial charge is 0.490 e. The van der Waals surface area contributed by atoms with Crippen LogP contribution in [0.3, 0.4) is 0 Å². The SMILES string of the molecule is CC(C)c1ccc(OC2CCC(C)C(C)C2)cc1. The fraction of sp³-hybridized carbons (Fsp3) is 0.647. The predicted octanol–water partition coefficient (Wildman–Crippen LogP) is 5.01. The second-order valence-electron chi connectivity index (χ2n) is 6.23. The van der Waals surface area contributed by atoms with Crippen LogP contribution in [0.2, 0.25) is 0 Å². The first-order valence-corrected chi connectivity index (χ1v) is 7.33. The van der Waals surface area contributed by atoms with Crippen molar-refractivity contribution in [3.63, 3.8) is 0 Å². The highest BCUT2D eigenvalue weighted by atomic mass is 16.5. The standard InChI is InChI=1S/C17H26O/c1-12(2)15-6-9-16(10-7-15)18-17-8-5-13(3)14(4)11-17/h6-7,9-10,12-14,17H,5,8,11H2,1-4H3. The molecule has 1 aliphatic rings. The normalized spacial score (nSPS) is 28.4. The smallest absolute Gasteiger partial charge is 0.119 e. The van der Waals surface area contributed by atoms with Crippen molar-refractivity contribution in [1.29, 1.82) is 0 Å². The first-order valence-electron chi connectivity index (χ1n) is 7.33. The molecule has 0 radical (unpaired) electrons. The van der Waals surface area contributed by atoms with Crippen molar-refractivity contribution in [3.05, 3.63) is 29.8 Å². The monoisotopic (exact) mass is 246 g/mol. The van der Waals surface area contributed by atoms with Crippen LogP contribution in [-0.4, -0.2) is 6.10 Å². The lowest BCUT2D eigenvalue weighted by molar-refractivity contribution is 0.101. The lowest BCUT2D eigenvalue weighted by atomic mass is 9.80. The van der Waals surface area contributed by atoms with E-state index < -0.39 is 0 Å². The summed E-state index contributed by atoms with van der Waals surface area (Å²) in [6.07, 6.45) is 4.13. The number of ether oxygens (including phenoxy) is 1. The number of hydrogen-bond acceptors (Lipinski definition) is 1. The summed E-state index contributed by atoms with van der Waals surface area (Å²) in [6.45, 7) is 9.15. The second kappa shape index (κ2) is 5.77. The van der Waals surface area contributed by atoms with Crippen molar-refractivity contribution in [3.8, 4) is 5.75 Å². The maximum atomic E-state index is 6.11. The molecule has 0 aromatic heterocycles. The van der Waals surface area contributed by atoms with Crippen molar-refractivity contribution < 1.29 is 4.74 Å². The van der Waals surface area contributed by atoms with Crippen molar-refractivity contribution in [2.24, 2.45) is 11.8 Å². The molecule has 0 saturated heterocycles. The van der Waals surface area contributed by atoms with E-state index in [1.807, 2.05) is 0 Å². The molecule has 3 unspecified atom stereocenters. The van der Waals surface area contributed by atoms with Gasteiger partial charge in [0, 0.05) is 0 Å². The van der Waals surface area contributed by atoms with Crippen LogP contribution in [0, 0.1) is 11.8 Å². The van der Waals surface area contributed by atoms with E-state index in [1.165, 1.54) is 24.8 Å². The van der Waals surface area contributed by atoms with Crippen LogP contribution in [-0.2, 0) is 0 Å². The molecule has 1 saturated carbocycles. The molecule has 100 valence electrons. The Labute approximate surface area is 112 Å². The van der Waals surface area contributed by atoms with Crippen molar-refractivity contribution in [2.45, 2.75) is 59.0 Å².